The van der Waals surface area contributed by atoms with E-state index in [9.17, 15) is 4.79 Å². The minimum Gasteiger partial charge on any atom is -0.353 e. The van der Waals surface area contributed by atoms with Crippen molar-refractivity contribution in [2.45, 2.75) is 20.8 Å². The van der Waals surface area contributed by atoms with E-state index in [0.717, 1.165) is 32.0 Å². The molecule has 2 rings (SSSR count). The minimum absolute atomic E-state index is 0.0894. The molecule has 2 amide bonds. The molecule has 20 heavy (non-hydrogen) atoms. The van der Waals surface area contributed by atoms with Crippen molar-refractivity contribution < 1.29 is 4.79 Å². The van der Waals surface area contributed by atoms with Crippen LogP contribution in [-0.2, 0) is 0 Å². The molecular formula is C15H26N4O. The standard InChI is InChI=1S/C13H20N4O.C2H6/c1-11-4-5-12(14-10-11)16-6-8-17(9-7-16)13(18)15(2)3;1-2/h4-5,10H,6-9H2,1-3H3;1-2H3. The first-order valence-electron chi connectivity index (χ1n) is 7.22. The minimum atomic E-state index is 0.0894. The number of carbonyl (C=O) groups is 1. The summed E-state index contributed by atoms with van der Waals surface area (Å²) in [6.45, 7) is 9.23. The maximum Gasteiger partial charge on any atom is 0.319 e. The lowest BCUT2D eigenvalue weighted by molar-refractivity contribution is 0.168. The number of nitrogens with zero attached hydrogens (tertiary/aromatic N) is 4. The Balaban J connectivity index is 0.000000956. The number of carbonyl (C=O) groups excluding carboxylic acids is 1. The molecule has 0 radical (unpaired) electrons. The molecule has 5 heteroatoms. The SMILES string of the molecule is CC.Cc1ccc(N2CCN(C(=O)N(C)C)CC2)nc1. The Morgan fingerprint density at radius 1 is 1.15 bits per heavy atom. The second kappa shape index (κ2) is 7.72. The highest BCUT2D eigenvalue weighted by Gasteiger charge is 2.22. The molecule has 1 aromatic rings. The highest BCUT2D eigenvalue weighted by Crippen LogP contribution is 2.14. The van der Waals surface area contributed by atoms with Crippen molar-refractivity contribution >= 4 is 11.8 Å². The fraction of sp³-hybridized carbons (Fsp3) is 0.600. The monoisotopic (exact) mass is 278 g/mol. The van der Waals surface area contributed by atoms with Gasteiger partial charge in [-0.3, -0.25) is 0 Å². The zero-order valence-electron chi connectivity index (χ0n) is 13.3. The Labute approximate surface area is 122 Å². The second-order valence-corrected chi connectivity index (χ2v) is 4.84. The number of hydrogen-bond donors (Lipinski definition) is 0. The summed E-state index contributed by atoms with van der Waals surface area (Å²) in [6, 6.07) is 4.20. The Hall–Kier alpha value is -1.78. The van der Waals surface area contributed by atoms with Gasteiger partial charge in [-0.05, 0) is 18.6 Å². The lowest BCUT2D eigenvalue weighted by Crippen LogP contribution is -2.51. The van der Waals surface area contributed by atoms with Crippen molar-refractivity contribution in [1.82, 2.24) is 14.8 Å². The number of rotatable bonds is 1. The smallest absolute Gasteiger partial charge is 0.319 e. The number of anilines is 1. The van der Waals surface area contributed by atoms with Gasteiger partial charge in [0.05, 0.1) is 0 Å². The molecular weight excluding hydrogens is 252 g/mol. The first-order valence-corrected chi connectivity index (χ1v) is 7.22. The van der Waals surface area contributed by atoms with E-state index in [4.69, 9.17) is 0 Å². The van der Waals surface area contributed by atoms with Crippen molar-refractivity contribution in [3.05, 3.63) is 23.9 Å². The number of amides is 2. The average molecular weight is 278 g/mol. The van der Waals surface area contributed by atoms with Gasteiger partial charge in [-0.25, -0.2) is 9.78 Å². The van der Waals surface area contributed by atoms with Crippen LogP contribution in [0.25, 0.3) is 0 Å². The van der Waals surface area contributed by atoms with Crippen LogP contribution < -0.4 is 4.90 Å². The summed E-state index contributed by atoms with van der Waals surface area (Å²) in [7, 11) is 3.58. The Morgan fingerprint density at radius 3 is 2.20 bits per heavy atom. The van der Waals surface area contributed by atoms with E-state index in [0.29, 0.717) is 0 Å². The maximum atomic E-state index is 11.8. The van der Waals surface area contributed by atoms with E-state index in [-0.39, 0.29) is 6.03 Å². The van der Waals surface area contributed by atoms with Crippen LogP contribution in [0, 0.1) is 6.92 Å². The van der Waals surface area contributed by atoms with Gasteiger partial charge in [0.15, 0.2) is 0 Å². The van der Waals surface area contributed by atoms with Crippen LogP contribution in [-0.4, -0.2) is 61.1 Å². The molecule has 1 saturated heterocycles. The topological polar surface area (TPSA) is 39.7 Å². The summed E-state index contributed by atoms with van der Waals surface area (Å²) >= 11 is 0. The van der Waals surface area contributed by atoms with E-state index < -0.39 is 0 Å². The van der Waals surface area contributed by atoms with E-state index in [2.05, 4.69) is 16.0 Å². The molecule has 0 atom stereocenters. The summed E-state index contributed by atoms with van der Waals surface area (Å²) in [5.74, 6) is 0.998. The van der Waals surface area contributed by atoms with Crippen molar-refractivity contribution in [3.63, 3.8) is 0 Å². The fourth-order valence-electron chi connectivity index (χ4n) is 2.06. The quantitative estimate of drug-likeness (QED) is 0.791. The average Bonchev–Trinajstić information content (AvgIpc) is 2.49. The Morgan fingerprint density at radius 2 is 1.75 bits per heavy atom. The van der Waals surface area contributed by atoms with Crippen LogP contribution in [0.4, 0.5) is 10.6 Å². The van der Waals surface area contributed by atoms with Gasteiger partial charge in [0.25, 0.3) is 0 Å². The molecule has 112 valence electrons. The molecule has 0 saturated carbocycles. The molecule has 0 N–H and O–H groups in total. The van der Waals surface area contributed by atoms with Crippen LogP contribution in [0.5, 0.6) is 0 Å². The fourth-order valence-corrected chi connectivity index (χ4v) is 2.06. The molecule has 5 nitrogen and oxygen atoms in total. The third kappa shape index (κ3) is 4.11. The number of piperazine rings is 1. The van der Waals surface area contributed by atoms with Gasteiger partial charge in [0, 0.05) is 46.5 Å². The van der Waals surface area contributed by atoms with Gasteiger partial charge in [-0.15, -0.1) is 0 Å². The lowest BCUT2D eigenvalue weighted by atomic mass is 10.3. The molecule has 1 aromatic heterocycles. The van der Waals surface area contributed by atoms with E-state index in [1.54, 1.807) is 19.0 Å². The predicted octanol–water partition coefficient (Wildman–Crippen LogP) is 2.22. The molecule has 0 aliphatic carbocycles. The Kier molecular flexibility index (Phi) is 6.28. The van der Waals surface area contributed by atoms with Crippen molar-refractivity contribution in [1.29, 1.82) is 0 Å². The van der Waals surface area contributed by atoms with Gasteiger partial charge in [-0.2, -0.15) is 0 Å². The van der Waals surface area contributed by atoms with E-state index in [1.807, 2.05) is 37.9 Å². The van der Waals surface area contributed by atoms with E-state index in [1.165, 1.54) is 5.56 Å². The van der Waals surface area contributed by atoms with Crippen molar-refractivity contribution in [3.8, 4) is 0 Å². The van der Waals surface area contributed by atoms with Crippen LogP contribution >= 0.6 is 0 Å². The third-order valence-electron chi connectivity index (χ3n) is 3.15. The molecule has 0 bridgehead atoms. The lowest BCUT2D eigenvalue weighted by Gasteiger charge is -2.36. The maximum absolute atomic E-state index is 11.8. The third-order valence-corrected chi connectivity index (χ3v) is 3.15. The molecule has 1 fully saturated rings. The summed E-state index contributed by atoms with van der Waals surface area (Å²) in [5, 5.41) is 0. The normalized spacial score (nSPS) is 14.4. The summed E-state index contributed by atoms with van der Waals surface area (Å²) in [4.78, 5) is 21.9. The first-order chi connectivity index (χ1) is 9.58. The zero-order valence-corrected chi connectivity index (χ0v) is 13.3. The Bertz CT molecular complexity index is 408. The summed E-state index contributed by atoms with van der Waals surface area (Å²) in [6.07, 6.45) is 1.88. The van der Waals surface area contributed by atoms with E-state index >= 15 is 0 Å². The predicted molar refractivity (Wildman–Crippen MR) is 83.2 cm³/mol. The molecule has 0 spiro atoms. The second-order valence-electron chi connectivity index (χ2n) is 4.84. The van der Waals surface area contributed by atoms with Gasteiger partial charge >= 0.3 is 6.03 Å². The summed E-state index contributed by atoms with van der Waals surface area (Å²) in [5.41, 5.74) is 1.17. The molecule has 1 aliphatic rings. The van der Waals surface area contributed by atoms with Crippen LogP contribution in [0.15, 0.2) is 18.3 Å². The largest absolute Gasteiger partial charge is 0.353 e. The van der Waals surface area contributed by atoms with Crippen LogP contribution in [0.1, 0.15) is 19.4 Å². The van der Waals surface area contributed by atoms with Gasteiger partial charge in [0.1, 0.15) is 5.82 Å². The van der Waals surface area contributed by atoms with Crippen LogP contribution in [0.3, 0.4) is 0 Å². The zero-order chi connectivity index (χ0) is 15.1. The number of aryl methyl sites for hydroxylation is 1. The van der Waals surface area contributed by atoms with Gasteiger partial charge < -0.3 is 14.7 Å². The first kappa shape index (κ1) is 16.3. The number of pyridine rings is 1. The number of aromatic nitrogens is 1. The number of urea groups is 1. The number of hydrogen-bond acceptors (Lipinski definition) is 3. The molecule has 0 unspecified atom stereocenters. The summed E-state index contributed by atoms with van der Waals surface area (Å²) < 4.78 is 0. The van der Waals surface area contributed by atoms with Gasteiger partial charge in [-0.1, -0.05) is 19.9 Å². The van der Waals surface area contributed by atoms with Crippen LogP contribution in [0.2, 0.25) is 0 Å². The highest BCUT2D eigenvalue weighted by molar-refractivity contribution is 5.74. The molecule has 0 aromatic carbocycles. The van der Waals surface area contributed by atoms with Gasteiger partial charge in [0.2, 0.25) is 0 Å². The highest BCUT2D eigenvalue weighted by atomic mass is 16.2. The molecule has 2 heterocycles. The molecule has 1 aliphatic heterocycles. The van der Waals surface area contributed by atoms with Crippen molar-refractivity contribution in [2.75, 3.05) is 45.2 Å². The van der Waals surface area contributed by atoms with Crippen molar-refractivity contribution in [2.24, 2.45) is 0 Å².